The fourth-order valence-corrected chi connectivity index (χ4v) is 4.37. The highest BCUT2D eigenvalue weighted by atomic mass is 32.2. The molecule has 0 radical (unpaired) electrons. The van der Waals surface area contributed by atoms with Crippen LogP contribution in [-0.4, -0.2) is 43.0 Å². The van der Waals surface area contributed by atoms with Crippen LogP contribution in [0.4, 0.5) is 11.5 Å². The molecular formula is C13H16N4O2S. The van der Waals surface area contributed by atoms with E-state index in [0.29, 0.717) is 12.1 Å². The van der Waals surface area contributed by atoms with Gasteiger partial charge in [-0.2, -0.15) is 0 Å². The molecule has 6 nitrogen and oxygen atoms in total. The van der Waals surface area contributed by atoms with Gasteiger partial charge in [-0.1, -0.05) is 0 Å². The molecule has 1 aliphatic rings. The number of anilines is 2. The van der Waals surface area contributed by atoms with Gasteiger partial charge in [0, 0.05) is 24.2 Å². The minimum absolute atomic E-state index is 0.0318. The lowest BCUT2D eigenvalue weighted by Crippen LogP contribution is -2.33. The second kappa shape index (κ2) is 4.59. The minimum atomic E-state index is -2.91. The first-order valence-electron chi connectivity index (χ1n) is 6.40. The van der Waals surface area contributed by atoms with E-state index in [2.05, 4.69) is 9.97 Å². The van der Waals surface area contributed by atoms with Gasteiger partial charge in [-0.05, 0) is 24.6 Å². The third-order valence-corrected chi connectivity index (χ3v) is 5.48. The summed E-state index contributed by atoms with van der Waals surface area (Å²) >= 11 is 0. The van der Waals surface area contributed by atoms with E-state index in [0.717, 1.165) is 16.7 Å². The van der Waals surface area contributed by atoms with E-state index in [1.165, 1.54) is 6.33 Å². The maximum absolute atomic E-state index is 11.6. The molecule has 1 aromatic carbocycles. The topological polar surface area (TPSA) is 89.2 Å². The van der Waals surface area contributed by atoms with Gasteiger partial charge in [-0.25, -0.2) is 18.4 Å². The standard InChI is InChI=1S/C13H16N4O2S/c1-17(10-4-5-20(18,19)7-10)13-11-3-2-9(14)6-12(11)15-8-16-13/h2-3,6,8,10H,4-5,7,14H2,1H3. The van der Waals surface area contributed by atoms with E-state index < -0.39 is 9.84 Å². The fourth-order valence-electron chi connectivity index (χ4n) is 2.59. The van der Waals surface area contributed by atoms with Crippen molar-refractivity contribution in [1.82, 2.24) is 9.97 Å². The van der Waals surface area contributed by atoms with Crippen molar-refractivity contribution in [2.24, 2.45) is 0 Å². The van der Waals surface area contributed by atoms with Gasteiger partial charge in [0.15, 0.2) is 9.84 Å². The summed E-state index contributed by atoms with van der Waals surface area (Å²) in [6.45, 7) is 0. The first-order valence-corrected chi connectivity index (χ1v) is 8.22. The summed E-state index contributed by atoms with van der Waals surface area (Å²) < 4.78 is 23.2. The zero-order valence-corrected chi connectivity index (χ0v) is 12.0. The summed E-state index contributed by atoms with van der Waals surface area (Å²) in [5.41, 5.74) is 7.17. The zero-order valence-electron chi connectivity index (χ0n) is 11.2. The average Bonchev–Trinajstić information content (AvgIpc) is 2.77. The molecule has 0 bridgehead atoms. The molecule has 2 aromatic rings. The molecule has 2 heterocycles. The number of hydrogen-bond donors (Lipinski definition) is 1. The smallest absolute Gasteiger partial charge is 0.152 e. The number of nitrogens with two attached hydrogens (primary N) is 1. The van der Waals surface area contributed by atoms with Crippen molar-refractivity contribution in [1.29, 1.82) is 0 Å². The molecule has 20 heavy (non-hydrogen) atoms. The number of nitrogens with zero attached hydrogens (tertiary/aromatic N) is 3. The second-order valence-corrected chi connectivity index (χ2v) is 7.37. The lowest BCUT2D eigenvalue weighted by molar-refractivity contribution is 0.600. The molecule has 0 saturated carbocycles. The molecule has 0 amide bonds. The predicted molar refractivity (Wildman–Crippen MR) is 79.4 cm³/mol. The lowest BCUT2D eigenvalue weighted by Gasteiger charge is -2.25. The molecule has 3 rings (SSSR count). The highest BCUT2D eigenvalue weighted by Gasteiger charge is 2.31. The Morgan fingerprint density at radius 1 is 1.35 bits per heavy atom. The molecule has 1 aromatic heterocycles. The van der Waals surface area contributed by atoms with Crippen LogP contribution in [0.2, 0.25) is 0 Å². The third-order valence-electron chi connectivity index (χ3n) is 3.73. The monoisotopic (exact) mass is 292 g/mol. The molecule has 0 aliphatic carbocycles. The van der Waals surface area contributed by atoms with Crippen molar-refractivity contribution in [2.45, 2.75) is 12.5 Å². The summed E-state index contributed by atoms with van der Waals surface area (Å²) in [6.07, 6.45) is 2.12. The number of benzene rings is 1. The number of rotatable bonds is 2. The molecule has 1 atom stereocenters. The highest BCUT2D eigenvalue weighted by Crippen LogP contribution is 2.27. The lowest BCUT2D eigenvalue weighted by atomic mass is 10.1. The van der Waals surface area contributed by atoms with Crippen LogP contribution >= 0.6 is 0 Å². The van der Waals surface area contributed by atoms with Crippen molar-refractivity contribution >= 4 is 32.2 Å². The molecule has 7 heteroatoms. The van der Waals surface area contributed by atoms with Gasteiger partial charge in [0.2, 0.25) is 0 Å². The number of aromatic nitrogens is 2. The van der Waals surface area contributed by atoms with Crippen LogP contribution in [0.15, 0.2) is 24.5 Å². The molecular weight excluding hydrogens is 276 g/mol. The summed E-state index contributed by atoms with van der Waals surface area (Å²) in [6, 6.07) is 5.43. The van der Waals surface area contributed by atoms with Gasteiger partial charge in [0.1, 0.15) is 12.1 Å². The Morgan fingerprint density at radius 3 is 2.85 bits per heavy atom. The Morgan fingerprint density at radius 2 is 2.15 bits per heavy atom. The summed E-state index contributed by atoms with van der Waals surface area (Å²) in [5, 5.41) is 0.883. The van der Waals surface area contributed by atoms with Crippen molar-refractivity contribution < 1.29 is 8.42 Å². The molecule has 1 saturated heterocycles. The van der Waals surface area contributed by atoms with Crippen LogP contribution in [0, 0.1) is 0 Å². The van der Waals surface area contributed by atoms with Crippen LogP contribution in [0.1, 0.15) is 6.42 Å². The first-order chi connectivity index (χ1) is 9.46. The van der Waals surface area contributed by atoms with Crippen LogP contribution in [0.25, 0.3) is 10.9 Å². The Balaban J connectivity index is 2.02. The van der Waals surface area contributed by atoms with Crippen LogP contribution in [0.5, 0.6) is 0 Å². The van der Waals surface area contributed by atoms with E-state index in [1.54, 1.807) is 12.1 Å². The Bertz CT molecular complexity index is 760. The quantitative estimate of drug-likeness (QED) is 0.825. The maximum atomic E-state index is 11.6. The molecule has 1 aliphatic heterocycles. The zero-order chi connectivity index (χ0) is 14.3. The van der Waals surface area contributed by atoms with Crippen molar-refractivity contribution in [2.75, 3.05) is 29.2 Å². The van der Waals surface area contributed by atoms with Gasteiger partial charge < -0.3 is 10.6 Å². The number of sulfone groups is 1. The van der Waals surface area contributed by atoms with Gasteiger partial charge in [0.25, 0.3) is 0 Å². The summed E-state index contributed by atoms with van der Waals surface area (Å²) in [4.78, 5) is 10.4. The van der Waals surface area contributed by atoms with Crippen LogP contribution < -0.4 is 10.6 Å². The molecule has 1 unspecified atom stereocenters. The molecule has 2 N–H and O–H groups in total. The van der Waals surface area contributed by atoms with E-state index in [4.69, 9.17) is 5.73 Å². The van der Waals surface area contributed by atoms with Gasteiger partial charge in [0.05, 0.1) is 17.0 Å². The van der Waals surface area contributed by atoms with E-state index in [-0.39, 0.29) is 17.5 Å². The molecule has 1 fully saturated rings. The second-order valence-electron chi connectivity index (χ2n) is 5.14. The Hall–Kier alpha value is -1.89. The van der Waals surface area contributed by atoms with Gasteiger partial charge in [-0.15, -0.1) is 0 Å². The van der Waals surface area contributed by atoms with Crippen molar-refractivity contribution in [3.05, 3.63) is 24.5 Å². The molecule has 106 valence electrons. The Labute approximate surface area is 117 Å². The normalized spacial score (nSPS) is 21.1. The van der Waals surface area contributed by atoms with Crippen molar-refractivity contribution in [3.63, 3.8) is 0 Å². The summed E-state index contributed by atoms with van der Waals surface area (Å²) in [7, 11) is -1.03. The largest absolute Gasteiger partial charge is 0.399 e. The van der Waals surface area contributed by atoms with E-state index >= 15 is 0 Å². The van der Waals surface area contributed by atoms with Crippen LogP contribution in [-0.2, 0) is 9.84 Å². The number of nitrogen functional groups attached to an aromatic ring is 1. The minimum Gasteiger partial charge on any atom is -0.399 e. The summed E-state index contributed by atoms with van der Waals surface area (Å²) in [5.74, 6) is 1.18. The third kappa shape index (κ3) is 2.29. The van der Waals surface area contributed by atoms with Crippen LogP contribution in [0.3, 0.4) is 0 Å². The van der Waals surface area contributed by atoms with Crippen molar-refractivity contribution in [3.8, 4) is 0 Å². The Kier molecular flexibility index (Phi) is 3.01. The fraction of sp³-hybridized carbons (Fsp3) is 0.385. The number of hydrogen-bond acceptors (Lipinski definition) is 6. The number of fused-ring (bicyclic) bond motifs is 1. The predicted octanol–water partition coefficient (Wildman–Crippen LogP) is 0.835. The average molecular weight is 292 g/mol. The van der Waals surface area contributed by atoms with Gasteiger partial charge >= 0.3 is 0 Å². The molecule has 0 spiro atoms. The van der Waals surface area contributed by atoms with E-state index in [9.17, 15) is 8.42 Å². The first kappa shape index (κ1) is 13.1. The SMILES string of the molecule is CN(c1ncnc2cc(N)ccc12)C1CCS(=O)(=O)C1. The van der Waals surface area contributed by atoms with E-state index in [1.807, 2.05) is 18.0 Å². The van der Waals surface area contributed by atoms with Gasteiger partial charge in [-0.3, -0.25) is 0 Å². The highest BCUT2D eigenvalue weighted by molar-refractivity contribution is 7.91. The maximum Gasteiger partial charge on any atom is 0.152 e.